The van der Waals surface area contributed by atoms with Crippen LogP contribution in [-0.4, -0.2) is 24.7 Å². The van der Waals surface area contributed by atoms with Crippen LogP contribution in [0.1, 0.15) is 12.0 Å². The molecule has 0 aromatic heterocycles. The van der Waals surface area contributed by atoms with Gasteiger partial charge >= 0.3 is 0 Å². The van der Waals surface area contributed by atoms with Crippen LogP contribution in [0.5, 0.6) is 0 Å². The summed E-state index contributed by atoms with van der Waals surface area (Å²) in [5, 5.41) is 0. The molecule has 2 nitrogen and oxygen atoms in total. The number of thioether (sulfide) groups is 1. The van der Waals surface area contributed by atoms with Gasteiger partial charge in [0.25, 0.3) is 0 Å². The Balaban J connectivity index is 1.87. The summed E-state index contributed by atoms with van der Waals surface area (Å²) in [6, 6.07) is 8.18. The van der Waals surface area contributed by atoms with E-state index in [-0.39, 0.29) is 5.92 Å². The molecule has 1 atom stereocenters. The van der Waals surface area contributed by atoms with E-state index in [2.05, 4.69) is 19.1 Å². The van der Waals surface area contributed by atoms with Crippen molar-refractivity contribution >= 4 is 17.5 Å². The van der Waals surface area contributed by atoms with Gasteiger partial charge in [0.05, 0.1) is 12.4 Å². The zero-order valence-electron chi connectivity index (χ0n) is 9.44. The molecule has 1 saturated heterocycles. The number of hydrogen-bond donors (Lipinski definition) is 0. The second kappa shape index (κ2) is 5.51. The second-order valence-electron chi connectivity index (χ2n) is 4.08. The molecule has 0 spiro atoms. The van der Waals surface area contributed by atoms with Crippen molar-refractivity contribution in [3.8, 4) is 0 Å². The molecule has 3 heteroatoms. The van der Waals surface area contributed by atoms with E-state index in [1.165, 1.54) is 10.5 Å². The fourth-order valence-corrected chi connectivity index (χ4v) is 2.78. The molecule has 0 amide bonds. The SMILES string of the molecule is Cc1ccccc1SCC(=O)C1CCOC1. The van der Waals surface area contributed by atoms with Crippen molar-refractivity contribution in [3.05, 3.63) is 29.8 Å². The van der Waals surface area contributed by atoms with Crippen LogP contribution >= 0.6 is 11.8 Å². The van der Waals surface area contributed by atoms with Crippen molar-refractivity contribution in [2.75, 3.05) is 19.0 Å². The molecule has 0 bridgehead atoms. The van der Waals surface area contributed by atoms with Crippen LogP contribution in [0.25, 0.3) is 0 Å². The van der Waals surface area contributed by atoms with Crippen molar-refractivity contribution in [1.29, 1.82) is 0 Å². The van der Waals surface area contributed by atoms with Crippen molar-refractivity contribution in [2.24, 2.45) is 5.92 Å². The van der Waals surface area contributed by atoms with E-state index >= 15 is 0 Å². The highest BCUT2D eigenvalue weighted by molar-refractivity contribution is 8.00. The van der Waals surface area contributed by atoms with Crippen molar-refractivity contribution in [3.63, 3.8) is 0 Å². The summed E-state index contributed by atoms with van der Waals surface area (Å²) in [6.45, 7) is 3.43. The minimum absolute atomic E-state index is 0.136. The Kier molecular flexibility index (Phi) is 4.02. The lowest BCUT2D eigenvalue weighted by Crippen LogP contribution is -2.16. The van der Waals surface area contributed by atoms with Crippen LogP contribution in [0.15, 0.2) is 29.2 Å². The smallest absolute Gasteiger partial charge is 0.148 e. The van der Waals surface area contributed by atoms with Crippen LogP contribution in [-0.2, 0) is 9.53 Å². The quantitative estimate of drug-likeness (QED) is 0.752. The number of aryl methyl sites for hydroxylation is 1. The molecular formula is C13H16O2S. The molecule has 0 aliphatic carbocycles. The van der Waals surface area contributed by atoms with Gasteiger partial charge in [0, 0.05) is 17.4 Å². The Hall–Kier alpha value is -0.800. The maximum absolute atomic E-state index is 11.8. The number of rotatable bonds is 4. The summed E-state index contributed by atoms with van der Waals surface area (Å²) < 4.78 is 5.22. The molecule has 1 aliphatic heterocycles. The molecule has 1 aromatic carbocycles. The molecule has 0 saturated carbocycles. The molecule has 1 aliphatic rings. The Labute approximate surface area is 100 Å². The van der Waals surface area contributed by atoms with Crippen molar-refractivity contribution < 1.29 is 9.53 Å². The number of Topliss-reactive ketones (excluding diaryl/α,β-unsaturated/α-hetero) is 1. The third kappa shape index (κ3) is 2.86. The standard InChI is InChI=1S/C13H16O2S/c1-10-4-2-3-5-13(10)16-9-12(14)11-6-7-15-8-11/h2-5,11H,6-9H2,1H3. The van der Waals surface area contributed by atoms with E-state index in [1.807, 2.05) is 12.1 Å². The maximum atomic E-state index is 11.8. The predicted octanol–water partition coefficient (Wildman–Crippen LogP) is 2.69. The second-order valence-corrected chi connectivity index (χ2v) is 5.10. The van der Waals surface area contributed by atoms with Crippen LogP contribution in [0, 0.1) is 12.8 Å². The first kappa shape index (κ1) is 11.7. The number of benzene rings is 1. The Morgan fingerprint density at radius 2 is 2.31 bits per heavy atom. The molecule has 86 valence electrons. The van der Waals surface area contributed by atoms with E-state index in [1.54, 1.807) is 11.8 Å². The first-order valence-electron chi connectivity index (χ1n) is 5.56. The zero-order chi connectivity index (χ0) is 11.4. The van der Waals surface area contributed by atoms with Gasteiger partial charge in [-0.2, -0.15) is 0 Å². The molecule has 1 aromatic rings. The van der Waals surface area contributed by atoms with E-state index in [4.69, 9.17) is 4.74 Å². The average Bonchev–Trinajstić information content (AvgIpc) is 2.81. The number of hydrogen-bond acceptors (Lipinski definition) is 3. The molecule has 16 heavy (non-hydrogen) atoms. The Morgan fingerprint density at radius 3 is 3.00 bits per heavy atom. The maximum Gasteiger partial charge on any atom is 0.148 e. The van der Waals surface area contributed by atoms with E-state index in [0.717, 1.165) is 13.0 Å². The van der Waals surface area contributed by atoms with Crippen molar-refractivity contribution in [1.82, 2.24) is 0 Å². The van der Waals surface area contributed by atoms with Gasteiger partial charge in [0.1, 0.15) is 5.78 Å². The number of carbonyl (C=O) groups is 1. The van der Waals surface area contributed by atoms with Gasteiger partial charge in [-0.15, -0.1) is 11.8 Å². The lowest BCUT2D eigenvalue weighted by molar-refractivity contribution is -0.120. The molecule has 2 rings (SSSR count). The van der Waals surface area contributed by atoms with E-state index in [0.29, 0.717) is 18.1 Å². The zero-order valence-corrected chi connectivity index (χ0v) is 10.3. The van der Waals surface area contributed by atoms with Gasteiger partial charge in [-0.05, 0) is 25.0 Å². The minimum Gasteiger partial charge on any atom is -0.381 e. The van der Waals surface area contributed by atoms with Gasteiger partial charge in [-0.1, -0.05) is 18.2 Å². The third-order valence-electron chi connectivity index (χ3n) is 2.85. The molecular weight excluding hydrogens is 220 g/mol. The summed E-state index contributed by atoms with van der Waals surface area (Å²) in [5.74, 6) is 1.03. The van der Waals surface area contributed by atoms with Crippen LogP contribution < -0.4 is 0 Å². The summed E-state index contributed by atoms with van der Waals surface area (Å²) in [5.41, 5.74) is 1.24. The van der Waals surface area contributed by atoms with Crippen LogP contribution in [0.4, 0.5) is 0 Å². The topological polar surface area (TPSA) is 26.3 Å². The van der Waals surface area contributed by atoms with Gasteiger partial charge in [-0.25, -0.2) is 0 Å². The predicted molar refractivity (Wildman–Crippen MR) is 65.8 cm³/mol. The first-order valence-corrected chi connectivity index (χ1v) is 6.55. The summed E-state index contributed by atoms with van der Waals surface area (Å²) in [6.07, 6.45) is 0.896. The fourth-order valence-electron chi connectivity index (χ4n) is 1.77. The van der Waals surface area contributed by atoms with Gasteiger partial charge in [-0.3, -0.25) is 4.79 Å². The molecule has 1 fully saturated rings. The lowest BCUT2D eigenvalue weighted by Gasteiger charge is -2.07. The van der Waals surface area contributed by atoms with Crippen LogP contribution in [0.3, 0.4) is 0 Å². The molecule has 0 N–H and O–H groups in total. The number of carbonyl (C=O) groups excluding carboxylic acids is 1. The highest BCUT2D eigenvalue weighted by Gasteiger charge is 2.23. The largest absolute Gasteiger partial charge is 0.381 e. The molecule has 1 heterocycles. The Morgan fingerprint density at radius 1 is 1.50 bits per heavy atom. The first-order chi connectivity index (χ1) is 7.77. The van der Waals surface area contributed by atoms with E-state index in [9.17, 15) is 4.79 Å². The third-order valence-corrected chi connectivity index (χ3v) is 4.05. The summed E-state index contributed by atoms with van der Waals surface area (Å²) >= 11 is 1.64. The molecule has 1 unspecified atom stereocenters. The van der Waals surface area contributed by atoms with Gasteiger partial charge < -0.3 is 4.74 Å². The van der Waals surface area contributed by atoms with E-state index < -0.39 is 0 Å². The fraction of sp³-hybridized carbons (Fsp3) is 0.462. The highest BCUT2D eigenvalue weighted by Crippen LogP contribution is 2.24. The average molecular weight is 236 g/mol. The number of ketones is 1. The highest BCUT2D eigenvalue weighted by atomic mass is 32.2. The number of ether oxygens (including phenoxy) is 1. The van der Waals surface area contributed by atoms with Gasteiger partial charge in [0.15, 0.2) is 0 Å². The lowest BCUT2D eigenvalue weighted by atomic mass is 10.1. The summed E-state index contributed by atoms with van der Waals surface area (Å²) in [7, 11) is 0. The van der Waals surface area contributed by atoms with Crippen molar-refractivity contribution in [2.45, 2.75) is 18.2 Å². The minimum atomic E-state index is 0.136. The van der Waals surface area contributed by atoms with Crippen LogP contribution in [0.2, 0.25) is 0 Å². The summed E-state index contributed by atoms with van der Waals surface area (Å²) in [4.78, 5) is 13.0. The van der Waals surface area contributed by atoms with Gasteiger partial charge in [0.2, 0.25) is 0 Å². The monoisotopic (exact) mass is 236 g/mol. The molecule has 0 radical (unpaired) electrons. The normalized spacial score (nSPS) is 19.9. The Bertz CT molecular complexity index is 370.